The van der Waals surface area contributed by atoms with Gasteiger partial charge in [-0.1, -0.05) is 0 Å². The fourth-order valence-electron chi connectivity index (χ4n) is 1.38. The van der Waals surface area contributed by atoms with E-state index in [1.165, 1.54) is 23.9 Å². The van der Waals surface area contributed by atoms with E-state index >= 15 is 0 Å². The number of hydrogen-bond acceptors (Lipinski definition) is 2. The lowest BCUT2D eigenvalue weighted by atomic mass is 10.1. The molecular formula is C12H15F4NS. The molecule has 0 aliphatic heterocycles. The van der Waals surface area contributed by atoms with Crippen LogP contribution in [-0.4, -0.2) is 18.0 Å². The van der Waals surface area contributed by atoms with Gasteiger partial charge in [-0.2, -0.15) is 13.2 Å². The molecule has 0 spiro atoms. The first-order valence-corrected chi connectivity index (χ1v) is 6.56. The molecule has 0 aliphatic rings. The molecule has 0 saturated heterocycles. The third-order valence-electron chi connectivity index (χ3n) is 2.31. The van der Waals surface area contributed by atoms with E-state index in [2.05, 4.69) is 0 Å². The normalized spacial score (nSPS) is 13.6. The second-order valence-corrected chi connectivity index (χ2v) is 5.13. The van der Waals surface area contributed by atoms with Crippen molar-refractivity contribution in [3.8, 4) is 0 Å². The van der Waals surface area contributed by atoms with Gasteiger partial charge in [-0.05, 0) is 37.1 Å². The number of alkyl halides is 3. The Morgan fingerprint density at radius 3 is 2.33 bits per heavy atom. The zero-order valence-electron chi connectivity index (χ0n) is 9.71. The smallest absolute Gasteiger partial charge is 0.327 e. The van der Waals surface area contributed by atoms with Crippen molar-refractivity contribution in [3.05, 3.63) is 30.1 Å². The van der Waals surface area contributed by atoms with Crippen LogP contribution in [0.2, 0.25) is 0 Å². The molecule has 0 aromatic heterocycles. The first-order valence-electron chi connectivity index (χ1n) is 5.57. The number of hydrogen-bond donors (Lipinski definition) is 1. The number of halogens is 4. The van der Waals surface area contributed by atoms with Crippen LogP contribution in [0.15, 0.2) is 29.2 Å². The molecule has 1 unspecified atom stereocenters. The van der Waals surface area contributed by atoms with E-state index in [9.17, 15) is 17.6 Å². The zero-order valence-corrected chi connectivity index (χ0v) is 10.5. The molecule has 0 saturated carbocycles. The molecule has 0 fully saturated rings. The maximum atomic E-state index is 12.6. The summed E-state index contributed by atoms with van der Waals surface area (Å²) in [5.74, 6) is 0.220. The first kappa shape index (κ1) is 15.3. The zero-order chi connectivity index (χ0) is 13.6. The first-order chi connectivity index (χ1) is 8.37. The fraction of sp³-hybridized carbons (Fsp3) is 0.500. The Morgan fingerprint density at radius 2 is 1.78 bits per heavy atom. The molecule has 1 aromatic carbocycles. The Morgan fingerprint density at radius 1 is 1.17 bits per heavy atom. The predicted molar refractivity (Wildman–Crippen MR) is 65.0 cm³/mol. The number of benzene rings is 1. The molecule has 102 valence electrons. The van der Waals surface area contributed by atoms with Crippen molar-refractivity contribution in [2.75, 3.05) is 5.75 Å². The largest absolute Gasteiger partial charge is 0.389 e. The Bertz CT molecular complexity index is 350. The quantitative estimate of drug-likeness (QED) is 0.630. The Balaban J connectivity index is 2.21. The van der Waals surface area contributed by atoms with Gasteiger partial charge in [0.05, 0.1) is 0 Å². The van der Waals surface area contributed by atoms with Crippen LogP contribution in [0.4, 0.5) is 17.6 Å². The second kappa shape index (κ2) is 6.99. The van der Waals surface area contributed by atoms with Gasteiger partial charge in [0.1, 0.15) is 5.82 Å². The van der Waals surface area contributed by atoms with Gasteiger partial charge in [-0.25, -0.2) is 4.39 Å². The number of thioether (sulfide) groups is 1. The molecule has 0 amide bonds. The van der Waals surface area contributed by atoms with Gasteiger partial charge in [-0.3, -0.25) is 0 Å². The van der Waals surface area contributed by atoms with Crippen molar-refractivity contribution in [3.63, 3.8) is 0 Å². The monoisotopic (exact) mass is 281 g/mol. The highest BCUT2D eigenvalue weighted by Gasteiger charge is 2.26. The van der Waals surface area contributed by atoms with Gasteiger partial charge < -0.3 is 5.73 Å². The van der Waals surface area contributed by atoms with Crippen LogP contribution in [0.5, 0.6) is 0 Å². The minimum absolute atomic E-state index is 0.0502. The average Bonchev–Trinajstić information content (AvgIpc) is 2.26. The minimum atomic E-state index is -4.11. The third kappa shape index (κ3) is 6.86. The highest BCUT2D eigenvalue weighted by molar-refractivity contribution is 7.99. The minimum Gasteiger partial charge on any atom is -0.327 e. The van der Waals surface area contributed by atoms with E-state index in [4.69, 9.17) is 5.73 Å². The van der Waals surface area contributed by atoms with Crippen molar-refractivity contribution in [2.24, 2.45) is 5.73 Å². The highest BCUT2D eigenvalue weighted by Crippen LogP contribution is 2.24. The van der Waals surface area contributed by atoms with Gasteiger partial charge in [0.15, 0.2) is 0 Å². The van der Waals surface area contributed by atoms with Gasteiger partial charge in [0.2, 0.25) is 0 Å². The van der Waals surface area contributed by atoms with Gasteiger partial charge in [0, 0.05) is 23.1 Å². The molecule has 0 radical (unpaired) electrons. The van der Waals surface area contributed by atoms with Crippen molar-refractivity contribution in [1.29, 1.82) is 0 Å². The topological polar surface area (TPSA) is 26.0 Å². The Kier molecular flexibility index (Phi) is 5.95. The van der Waals surface area contributed by atoms with Crippen LogP contribution in [0.1, 0.15) is 19.3 Å². The molecule has 2 N–H and O–H groups in total. The van der Waals surface area contributed by atoms with Gasteiger partial charge in [-0.15, -0.1) is 11.8 Å². The van der Waals surface area contributed by atoms with Gasteiger partial charge >= 0.3 is 6.18 Å². The molecule has 6 heteroatoms. The highest BCUT2D eigenvalue weighted by atomic mass is 32.2. The fourth-order valence-corrected chi connectivity index (χ4v) is 2.28. The summed E-state index contributed by atoms with van der Waals surface area (Å²) in [6.07, 6.45) is -4.51. The summed E-state index contributed by atoms with van der Waals surface area (Å²) >= 11 is 1.42. The number of nitrogens with two attached hydrogens (primary N) is 1. The van der Waals surface area contributed by atoms with Crippen LogP contribution in [0, 0.1) is 5.82 Å². The van der Waals surface area contributed by atoms with Crippen LogP contribution in [0.25, 0.3) is 0 Å². The maximum absolute atomic E-state index is 12.6. The van der Waals surface area contributed by atoms with E-state index in [1.54, 1.807) is 12.1 Å². The maximum Gasteiger partial charge on any atom is 0.389 e. The van der Waals surface area contributed by atoms with Crippen LogP contribution in [-0.2, 0) is 0 Å². The van der Waals surface area contributed by atoms with Gasteiger partial charge in [0.25, 0.3) is 0 Å². The van der Waals surface area contributed by atoms with E-state index in [0.29, 0.717) is 12.2 Å². The van der Waals surface area contributed by atoms with Crippen LogP contribution < -0.4 is 5.73 Å². The molecule has 18 heavy (non-hydrogen) atoms. The third-order valence-corrected chi connectivity index (χ3v) is 3.51. The van der Waals surface area contributed by atoms with E-state index in [0.717, 1.165) is 4.90 Å². The summed E-state index contributed by atoms with van der Waals surface area (Å²) in [5, 5.41) is 0. The van der Waals surface area contributed by atoms with Crippen LogP contribution >= 0.6 is 11.8 Å². The van der Waals surface area contributed by atoms with E-state index in [-0.39, 0.29) is 18.3 Å². The summed E-state index contributed by atoms with van der Waals surface area (Å²) in [5.41, 5.74) is 5.72. The predicted octanol–water partition coefficient (Wildman–Crippen LogP) is 3.98. The Hall–Kier alpha value is -0.750. The molecular weight excluding hydrogens is 266 g/mol. The lowest BCUT2D eigenvalue weighted by Gasteiger charge is -2.12. The number of rotatable bonds is 6. The molecule has 0 heterocycles. The lowest BCUT2D eigenvalue weighted by molar-refractivity contribution is -0.135. The SMILES string of the molecule is NC(CCCC(F)(F)F)CSc1ccc(F)cc1. The molecule has 1 aromatic rings. The summed E-state index contributed by atoms with van der Waals surface area (Å²) in [4.78, 5) is 0.864. The second-order valence-electron chi connectivity index (χ2n) is 4.03. The molecule has 0 aliphatic carbocycles. The van der Waals surface area contributed by atoms with Crippen molar-refractivity contribution < 1.29 is 17.6 Å². The molecule has 1 atom stereocenters. The standard InChI is InChI=1S/C12H15F4NS/c13-9-3-5-11(6-4-9)18-8-10(17)2-1-7-12(14,15)16/h3-6,10H,1-2,7-8,17H2. The van der Waals surface area contributed by atoms with Crippen molar-refractivity contribution in [2.45, 2.75) is 36.4 Å². The van der Waals surface area contributed by atoms with Crippen LogP contribution in [0.3, 0.4) is 0 Å². The Labute approximate surface area is 108 Å². The molecule has 1 nitrogen and oxygen atoms in total. The van der Waals surface area contributed by atoms with Crippen molar-refractivity contribution in [1.82, 2.24) is 0 Å². The summed E-state index contributed by atoms with van der Waals surface area (Å²) in [6.45, 7) is 0. The molecule has 0 bridgehead atoms. The van der Waals surface area contributed by atoms with Crippen molar-refractivity contribution >= 4 is 11.8 Å². The summed E-state index contributed by atoms with van der Waals surface area (Å²) in [7, 11) is 0. The molecule has 1 rings (SSSR count). The average molecular weight is 281 g/mol. The van der Waals surface area contributed by atoms with E-state index in [1.807, 2.05) is 0 Å². The summed E-state index contributed by atoms with van der Waals surface area (Å²) < 4.78 is 48.4. The van der Waals surface area contributed by atoms with E-state index < -0.39 is 12.6 Å². The summed E-state index contributed by atoms with van der Waals surface area (Å²) in [6, 6.07) is 5.67. The lowest BCUT2D eigenvalue weighted by Crippen LogP contribution is -2.23.